The summed E-state index contributed by atoms with van der Waals surface area (Å²) in [5.74, 6) is 1.01. The largest absolute Gasteiger partial charge is 0.507 e. The maximum absolute atomic E-state index is 9.95. The van der Waals surface area contributed by atoms with Crippen molar-refractivity contribution in [1.29, 1.82) is 5.26 Å². The SMILES string of the molecule is Cc1ccc(NCc2ccccc2OCC#N)c(C)c1O. The first-order valence-electron chi connectivity index (χ1n) is 6.74. The third kappa shape index (κ3) is 3.46. The minimum Gasteiger partial charge on any atom is -0.507 e. The Morgan fingerprint density at radius 2 is 1.95 bits per heavy atom. The Morgan fingerprint density at radius 3 is 2.71 bits per heavy atom. The maximum Gasteiger partial charge on any atom is 0.174 e. The molecule has 2 aromatic carbocycles. The fourth-order valence-corrected chi connectivity index (χ4v) is 2.12. The van der Waals surface area contributed by atoms with Crippen molar-refractivity contribution in [2.45, 2.75) is 20.4 Å². The Kier molecular flexibility index (Phi) is 4.68. The Morgan fingerprint density at radius 1 is 1.19 bits per heavy atom. The summed E-state index contributed by atoms with van der Waals surface area (Å²) in [4.78, 5) is 0. The molecule has 0 aliphatic rings. The molecule has 4 heteroatoms. The van der Waals surface area contributed by atoms with Gasteiger partial charge in [-0.05, 0) is 31.5 Å². The number of aromatic hydroxyl groups is 1. The lowest BCUT2D eigenvalue weighted by Gasteiger charge is -2.14. The summed E-state index contributed by atoms with van der Waals surface area (Å²) >= 11 is 0. The number of nitrogens with one attached hydrogen (secondary N) is 1. The van der Waals surface area contributed by atoms with Gasteiger partial charge in [0, 0.05) is 23.4 Å². The Bertz CT molecular complexity index is 675. The lowest BCUT2D eigenvalue weighted by Crippen LogP contribution is -2.04. The summed E-state index contributed by atoms with van der Waals surface area (Å²) in [5.41, 5.74) is 3.53. The molecule has 0 bridgehead atoms. The second-order valence-corrected chi connectivity index (χ2v) is 4.81. The summed E-state index contributed by atoms with van der Waals surface area (Å²) in [6.07, 6.45) is 0. The van der Waals surface area contributed by atoms with Crippen LogP contribution in [0.1, 0.15) is 16.7 Å². The van der Waals surface area contributed by atoms with E-state index in [4.69, 9.17) is 10.00 Å². The molecular formula is C17H18N2O2. The molecule has 21 heavy (non-hydrogen) atoms. The highest BCUT2D eigenvalue weighted by Crippen LogP contribution is 2.29. The van der Waals surface area contributed by atoms with Crippen LogP contribution in [-0.4, -0.2) is 11.7 Å². The lowest BCUT2D eigenvalue weighted by atomic mass is 10.1. The van der Waals surface area contributed by atoms with Crippen LogP contribution >= 0.6 is 0 Å². The van der Waals surface area contributed by atoms with Crippen LogP contribution in [0, 0.1) is 25.2 Å². The Hall–Kier alpha value is -2.67. The molecule has 0 unspecified atom stereocenters. The van der Waals surface area contributed by atoms with Crippen LogP contribution in [0.25, 0.3) is 0 Å². The highest BCUT2D eigenvalue weighted by atomic mass is 16.5. The quantitative estimate of drug-likeness (QED) is 0.880. The van der Waals surface area contributed by atoms with E-state index >= 15 is 0 Å². The second-order valence-electron chi connectivity index (χ2n) is 4.81. The number of nitriles is 1. The van der Waals surface area contributed by atoms with Gasteiger partial charge in [0.05, 0.1) is 0 Å². The average molecular weight is 282 g/mol. The molecule has 4 nitrogen and oxygen atoms in total. The molecule has 0 spiro atoms. The van der Waals surface area contributed by atoms with Crippen LogP contribution in [0.2, 0.25) is 0 Å². The molecule has 2 rings (SSSR count). The molecule has 0 radical (unpaired) electrons. The number of ether oxygens (including phenoxy) is 1. The van der Waals surface area contributed by atoms with Crippen molar-refractivity contribution < 1.29 is 9.84 Å². The van der Waals surface area contributed by atoms with Gasteiger partial charge in [0.2, 0.25) is 0 Å². The van der Waals surface area contributed by atoms with E-state index < -0.39 is 0 Å². The molecule has 0 heterocycles. The summed E-state index contributed by atoms with van der Waals surface area (Å²) in [6.45, 7) is 4.34. The van der Waals surface area contributed by atoms with Crippen molar-refractivity contribution in [3.05, 3.63) is 53.1 Å². The van der Waals surface area contributed by atoms with Crippen LogP contribution in [0.4, 0.5) is 5.69 Å². The summed E-state index contributed by atoms with van der Waals surface area (Å²) in [5, 5.41) is 21.8. The van der Waals surface area contributed by atoms with E-state index in [0.29, 0.717) is 18.0 Å². The summed E-state index contributed by atoms with van der Waals surface area (Å²) in [6, 6.07) is 13.4. The molecule has 2 N–H and O–H groups in total. The molecule has 0 saturated heterocycles. The van der Waals surface area contributed by atoms with E-state index in [1.54, 1.807) is 0 Å². The molecule has 0 amide bonds. The van der Waals surface area contributed by atoms with E-state index in [9.17, 15) is 5.11 Å². The molecule has 108 valence electrons. The van der Waals surface area contributed by atoms with Gasteiger partial charge in [-0.3, -0.25) is 0 Å². The number of rotatable bonds is 5. The minimum atomic E-state index is 0.0291. The van der Waals surface area contributed by atoms with Crippen LogP contribution in [-0.2, 0) is 6.54 Å². The molecule has 0 saturated carbocycles. The van der Waals surface area contributed by atoms with Gasteiger partial charge in [-0.25, -0.2) is 0 Å². The predicted octanol–water partition coefficient (Wildman–Crippen LogP) is 3.52. The van der Waals surface area contributed by atoms with Gasteiger partial charge in [-0.2, -0.15) is 5.26 Å². The topological polar surface area (TPSA) is 65.3 Å². The summed E-state index contributed by atoms with van der Waals surface area (Å²) < 4.78 is 5.40. The van der Waals surface area contributed by atoms with Crippen LogP contribution in [0.5, 0.6) is 11.5 Å². The number of para-hydroxylation sites is 1. The van der Waals surface area contributed by atoms with Crippen molar-refractivity contribution in [1.82, 2.24) is 0 Å². The van der Waals surface area contributed by atoms with Crippen LogP contribution in [0.3, 0.4) is 0 Å². The number of benzene rings is 2. The number of hydrogen-bond acceptors (Lipinski definition) is 4. The number of anilines is 1. The van der Waals surface area contributed by atoms with Crippen LogP contribution < -0.4 is 10.1 Å². The minimum absolute atomic E-state index is 0.0291. The van der Waals surface area contributed by atoms with E-state index in [1.807, 2.05) is 56.3 Å². The number of hydrogen-bond donors (Lipinski definition) is 2. The van der Waals surface area contributed by atoms with Gasteiger partial charge in [0.25, 0.3) is 0 Å². The first-order valence-corrected chi connectivity index (χ1v) is 6.74. The molecule has 0 aliphatic carbocycles. The van der Waals surface area contributed by atoms with Crippen molar-refractivity contribution in [3.63, 3.8) is 0 Å². The van der Waals surface area contributed by atoms with Crippen molar-refractivity contribution in [2.75, 3.05) is 11.9 Å². The zero-order valence-corrected chi connectivity index (χ0v) is 12.2. The Labute approximate surface area is 124 Å². The highest BCUT2D eigenvalue weighted by molar-refractivity contribution is 5.59. The van der Waals surface area contributed by atoms with Gasteiger partial charge >= 0.3 is 0 Å². The normalized spacial score (nSPS) is 9.95. The Balaban J connectivity index is 2.14. The third-order valence-electron chi connectivity index (χ3n) is 3.37. The number of aryl methyl sites for hydroxylation is 1. The van der Waals surface area contributed by atoms with E-state index in [0.717, 1.165) is 22.4 Å². The molecule has 0 fully saturated rings. The fraction of sp³-hybridized carbons (Fsp3) is 0.235. The summed E-state index contributed by atoms with van der Waals surface area (Å²) in [7, 11) is 0. The van der Waals surface area contributed by atoms with Gasteiger partial charge in [-0.1, -0.05) is 24.3 Å². The van der Waals surface area contributed by atoms with Gasteiger partial charge in [0.1, 0.15) is 17.6 Å². The molecule has 0 atom stereocenters. The second kappa shape index (κ2) is 6.67. The average Bonchev–Trinajstić information content (AvgIpc) is 2.51. The van der Waals surface area contributed by atoms with Crippen LogP contribution in [0.15, 0.2) is 36.4 Å². The van der Waals surface area contributed by atoms with Gasteiger partial charge in [0.15, 0.2) is 6.61 Å². The van der Waals surface area contributed by atoms with Gasteiger partial charge in [-0.15, -0.1) is 0 Å². The van der Waals surface area contributed by atoms with E-state index in [1.165, 1.54) is 0 Å². The van der Waals surface area contributed by atoms with E-state index in [-0.39, 0.29) is 6.61 Å². The molecule has 0 aromatic heterocycles. The van der Waals surface area contributed by atoms with Crippen molar-refractivity contribution >= 4 is 5.69 Å². The van der Waals surface area contributed by atoms with Gasteiger partial charge < -0.3 is 15.2 Å². The molecule has 0 aliphatic heterocycles. The lowest BCUT2D eigenvalue weighted by molar-refractivity contribution is 0.364. The monoisotopic (exact) mass is 282 g/mol. The van der Waals surface area contributed by atoms with E-state index in [2.05, 4.69) is 5.32 Å². The fourth-order valence-electron chi connectivity index (χ4n) is 2.12. The smallest absolute Gasteiger partial charge is 0.174 e. The number of nitrogens with zero attached hydrogens (tertiary/aromatic N) is 1. The first kappa shape index (κ1) is 14.7. The third-order valence-corrected chi connectivity index (χ3v) is 3.37. The zero-order valence-electron chi connectivity index (χ0n) is 12.2. The molecular weight excluding hydrogens is 264 g/mol. The standard InChI is InChI=1S/C17H18N2O2/c1-12-7-8-15(13(2)17(12)20)19-11-14-5-3-4-6-16(14)21-10-9-18/h3-8,19-20H,10-11H2,1-2H3. The molecule has 2 aromatic rings. The van der Waals surface area contributed by atoms with Crippen molar-refractivity contribution in [3.8, 4) is 17.6 Å². The number of phenols is 1. The van der Waals surface area contributed by atoms with Crippen molar-refractivity contribution in [2.24, 2.45) is 0 Å². The maximum atomic E-state index is 9.95. The zero-order chi connectivity index (χ0) is 15.2. The predicted molar refractivity (Wildman–Crippen MR) is 82.5 cm³/mol. The first-order chi connectivity index (χ1) is 10.1. The number of phenolic OH excluding ortho intramolecular Hbond substituents is 1. The highest BCUT2D eigenvalue weighted by Gasteiger charge is 2.07.